The van der Waals surface area contributed by atoms with Gasteiger partial charge in [-0.2, -0.15) is 0 Å². The molecule has 5 atom stereocenters. The Morgan fingerprint density at radius 2 is 2.23 bits per heavy atom. The van der Waals surface area contributed by atoms with E-state index < -0.39 is 0 Å². The minimum Gasteiger partial charge on any atom is -0.389 e. The summed E-state index contributed by atoms with van der Waals surface area (Å²) in [6, 6.07) is 0. The quantitative estimate of drug-likeness (QED) is 0.607. The Labute approximate surface area is 79.2 Å². The van der Waals surface area contributed by atoms with Crippen molar-refractivity contribution in [2.75, 3.05) is 0 Å². The summed E-state index contributed by atoms with van der Waals surface area (Å²) in [5.41, 5.74) is 0.318. The topological polar surface area (TPSA) is 20.2 Å². The molecule has 70 valence electrons. The second kappa shape index (κ2) is 2.27. The van der Waals surface area contributed by atoms with Crippen LogP contribution in [0.5, 0.6) is 0 Å². The highest BCUT2D eigenvalue weighted by Gasteiger charge is 2.57. The summed E-state index contributed by atoms with van der Waals surface area (Å²) >= 11 is 0. The van der Waals surface area contributed by atoms with Gasteiger partial charge in [-0.05, 0) is 24.7 Å². The van der Waals surface area contributed by atoms with E-state index in [1.54, 1.807) is 0 Å². The Morgan fingerprint density at radius 3 is 2.92 bits per heavy atom. The van der Waals surface area contributed by atoms with Crippen LogP contribution < -0.4 is 0 Å². The summed E-state index contributed by atoms with van der Waals surface area (Å²) in [6.07, 6.45) is 11.3. The molecule has 3 aliphatic carbocycles. The van der Waals surface area contributed by atoms with E-state index in [1.807, 2.05) is 6.08 Å². The van der Waals surface area contributed by atoms with Crippen LogP contribution in [0.3, 0.4) is 0 Å². The van der Waals surface area contributed by atoms with Gasteiger partial charge in [-0.1, -0.05) is 31.2 Å². The van der Waals surface area contributed by atoms with E-state index in [1.165, 1.54) is 12.8 Å². The second-order valence-corrected chi connectivity index (χ2v) is 4.73. The number of fused-ring (bicyclic) bond motifs is 5. The van der Waals surface area contributed by atoms with E-state index in [4.69, 9.17) is 0 Å². The minimum absolute atomic E-state index is 0.181. The van der Waals surface area contributed by atoms with E-state index in [-0.39, 0.29) is 6.10 Å². The summed E-state index contributed by atoms with van der Waals surface area (Å²) in [5, 5.41) is 9.90. The first-order valence-electron chi connectivity index (χ1n) is 5.33. The van der Waals surface area contributed by atoms with E-state index in [9.17, 15) is 5.11 Å². The first-order valence-corrected chi connectivity index (χ1v) is 5.33. The van der Waals surface area contributed by atoms with Gasteiger partial charge >= 0.3 is 0 Å². The molecule has 3 unspecified atom stereocenters. The maximum Gasteiger partial charge on any atom is 0.0763 e. The molecule has 0 aromatic heterocycles. The van der Waals surface area contributed by atoms with Crippen LogP contribution in [0.1, 0.15) is 19.8 Å². The van der Waals surface area contributed by atoms with Crippen molar-refractivity contribution < 1.29 is 5.11 Å². The molecular weight excluding hydrogens is 160 g/mol. The van der Waals surface area contributed by atoms with Gasteiger partial charge in [-0.3, -0.25) is 0 Å². The van der Waals surface area contributed by atoms with Crippen LogP contribution in [0.15, 0.2) is 24.3 Å². The van der Waals surface area contributed by atoms with Crippen molar-refractivity contribution in [2.24, 2.45) is 23.2 Å². The monoisotopic (exact) mass is 176 g/mol. The highest BCUT2D eigenvalue weighted by Crippen LogP contribution is 2.62. The number of allylic oxidation sites excluding steroid dienone is 3. The Hall–Kier alpha value is -0.560. The standard InChI is InChI=1S/C12H16O/c1-2-12-6-5-10(13)11(12)8-3-4-9(12)7-8/h3-6,8-11,13H,2,7H2,1H3/t8?,9?,10-,11?,12-/m0/s1. The van der Waals surface area contributed by atoms with Crippen molar-refractivity contribution in [2.45, 2.75) is 25.9 Å². The molecule has 1 N–H and O–H groups in total. The van der Waals surface area contributed by atoms with Crippen molar-refractivity contribution in [1.29, 1.82) is 0 Å². The van der Waals surface area contributed by atoms with Gasteiger partial charge in [0.1, 0.15) is 0 Å². The van der Waals surface area contributed by atoms with Gasteiger partial charge in [0.25, 0.3) is 0 Å². The molecule has 0 spiro atoms. The number of rotatable bonds is 1. The third kappa shape index (κ3) is 0.727. The van der Waals surface area contributed by atoms with Crippen LogP contribution in [0, 0.1) is 23.2 Å². The second-order valence-electron chi connectivity index (χ2n) is 4.73. The first-order chi connectivity index (χ1) is 6.28. The molecule has 2 bridgehead atoms. The lowest BCUT2D eigenvalue weighted by molar-refractivity contribution is 0.0828. The highest BCUT2D eigenvalue weighted by atomic mass is 16.3. The Kier molecular flexibility index (Phi) is 1.36. The zero-order valence-corrected chi connectivity index (χ0v) is 7.98. The molecule has 1 saturated carbocycles. The molecule has 1 nitrogen and oxygen atoms in total. The highest BCUT2D eigenvalue weighted by molar-refractivity contribution is 5.30. The average Bonchev–Trinajstić information content (AvgIpc) is 2.77. The fraction of sp³-hybridized carbons (Fsp3) is 0.667. The fourth-order valence-corrected chi connectivity index (χ4v) is 3.86. The number of aliphatic hydroxyl groups excluding tert-OH is 1. The molecule has 0 aliphatic heterocycles. The van der Waals surface area contributed by atoms with Crippen LogP contribution in [-0.4, -0.2) is 11.2 Å². The zero-order chi connectivity index (χ0) is 9.05. The van der Waals surface area contributed by atoms with Crippen LogP contribution in [0.25, 0.3) is 0 Å². The van der Waals surface area contributed by atoms with Gasteiger partial charge in [0.05, 0.1) is 6.10 Å². The predicted molar refractivity (Wildman–Crippen MR) is 52.1 cm³/mol. The van der Waals surface area contributed by atoms with Crippen molar-refractivity contribution in [3.8, 4) is 0 Å². The number of aliphatic hydroxyl groups is 1. The number of hydrogen-bond acceptors (Lipinski definition) is 1. The molecule has 0 radical (unpaired) electrons. The molecule has 1 heteroatoms. The van der Waals surface area contributed by atoms with E-state index in [0.29, 0.717) is 23.2 Å². The summed E-state index contributed by atoms with van der Waals surface area (Å²) in [5.74, 6) is 1.85. The van der Waals surface area contributed by atoms with Crippen LogP contribution in [0.2, 0.25) is 0 Å². The first kappa shape index (κ1) is 7.81. The molecule has 3 aliphatic rings. The smallest absolute Gasteiger partial charge is 0.0763 e. The largest absolute Gasteiger partial charge is 0.389 e. The van der Waals surface area contributed by atoms with Gasteiger partial charge in [0, 0.05) is 11.3 Å². The molecule has 1 fully saturated rings. The molecule has 3 rings (SSSR count). The zero-order valence-electron chi connectivity index (χ0n) is 7.98. The SMILES string of the molecule is CC[C@@]12C=C[C@H](O)C1C1C=CC2C1. The average molecular weight is 176 g/mol. The van der Waals surface area contributed by atoms with Crippen molar-refractivity contribution in [1.82, 2.24) is 0 Å². The summed E-state index contributed by atoms with van der Waals surface area (Å²) < 4.78 is 0. The number of hydrogen-bond donors (Lipinski definition) is 1. The molecular formula is C12H16O. The van der Waals surface area contributed by atoms with Crippen molar-refractivity contribution in [3.05, 3.63) is 24.3 Å². The summed E-state index contributed by atoms with van der Waals surface area (Å²) in [7, 11) is 0. The molecule has 0 aromatic carbocycles. The third-order valence-electron chi connectivity index (χ3n) is 4.47. The third-order valence-corrected chi connectivity index (χ3v) is 4.47. The molecule has 0 aromatic rings. The van der Waals surface area contributed by atoms with Gasteiger partial charge < -0.3 is 5.11 Å². The van der Waals surface area contributed by atoms with Crippen LogP contribution in [-0.2, 0) is 0 Å². The van der Waals surface area contributed by atoms with Gasteiger partial charge in [-0.15, -0.1) is 0 Å². The normalized spacial score (nSPS) is 56.2. The molecule has 13 heavy (non-hydrogen) atoms. The van der Waals surface area contributed by atoms with Crippen molar-refractivity contribution in [3.63, 3.8) is 0 Å². The van der Waals surface area contributed by atoms with Crippen LogP contribution >= 0.6 is 0 Å². The van der Waals surface area contributed by atoms with Gasteiger partial charge in [-0.25, -0.2) is 0 Å². The Morgan fingerprint density at radius 1 is 1.38 bits per heavy atom. The molecule has 0 amide bonds. The minimum atomic E-state index is -0.181. The molecule has 0 heterocycles. The van der Waals surface area contributed by atoms with E-state index in [0.717, 1.165) is 0 Å². The van der Waals surface area contributed by atoms with Gasteiger partial charge in [0.2, 0.25) is 0 Å². The molecule has 0 saturated heterocycles. The lowest BCUT2D eigenvalue weighted by Crippen LogP contribution is -2.34. The summed E-state index contributed by atoms with van der Waals surface area (Å²) in [6.45, 7) is 2.25. The fourth-order valence-electron chi connectivity index (χ4n) is 3.86. The maximum atomic E-state index is 9.90. The van der Waals surface area contributed by atoms with Crippen molar-refractivity contribution >= 4 is 0 Å². The predicted octanol–water partition coefficient (Wildman–Crippen LogP) is 2.14. The van der Waals surface area contributed by atoms with Gasteiger partial charge in [0.15, 0.2) is 0 Å². The van der Waals surface area contributed by atoms with Crippen LogP contribution in [0.4, 0.5) is 0 Å². The Balaban J connectivity index is 2.08. The van der Waals surface area contributed by atoms with E-state index in [2.05, 4.69) is 25.2 Å². The lowest BCUT2D eigenvalue weighted by atomic mass is 9.68. The lowest BCUT2D eigenvalue weighted by Gasteiger charge is -2.36. The summed E-state index contributed by atoms with van der Waals surface area (Å²) in [4.78, 5) is 0. The Bertz CT molecular complexity index is 291. The van der Waals surface area contributed by atoms with E-state index >= 15 is 0 Å². The maximum absolute atomic E-state index is 9.90.